The van der Waals surface area contributed by atoms with E-state index in [-0.39, 0.29) is 0 Å². The summed E-state index contributed by atoms with van der Waals surface area (Å²) in [4.78, 5) is 3.04. The molecule has 1 aliphatic carbocycles. The molecule has 0 spiro atoms. The van der Waals surface area contributed by atoms with Gasteiger partial charge in [-0.05, 0) is 19.3 Å². The third kappa shape index (κ3) is 4.65. The van der Waals surface area contributed by atoms with Crippen LogP contribution in [0.3, 0.4) is 0 Å². The first-order valence-corrected chi connectivity index (χ1v) is 7.26. The molecule has 1 aliphatic rings. The fourth-order valence-corrected chi connectivity index (χ4v) is 2.77. The Hall–Kier alpha value is -0.820. The van der Waals surface area contributed by atoms with E-state index >= 15 is 0 Å². The molecule has 1 aromatic heterocycles. The van der Waals surface area contributed by atoms with Gasteiger partial charge in [-0.1, -0.05) is 24.2 Å². The predicted octanol–water partition coefficient (Wildman–Crippen LogP) is 3.92. The molecule has 1 saturated carbocycles. The summed E-state index contributed by atoms with van der Waals surface area (Å²) in [6, 6.07) is 0. The van der Waals surface area contributed by atoms with Crippen molar-refractivity contribution in [3.8, 4) is 0 Å². The van der Waals surface area contributed by atoms with Crippen LogP contribution in [0.15, 0.2) is 6.20 Å². The highest BCUT2D eigenvalue weighted by Crippen LogP contribution is 2.34. The molecular formula is C12H17F3N2OS. The van der Waals surface area contributed by atoms with E-state index in [2.05, 4.69) is 10.3 Å². The SMILES string of the molecule is FC(F)(F)c1cnc(NCCCOC2CCCC2)s1. The van der Waals surface area contributed by atoms with Gasteiger partial charge in [0.2, 0.25) is 0 Å². The molecule has 0 aliphatic heterocycles. The first-order chi connectivity index (χ1) is 9.05. The molecule has 1 N–H and O–H groups in total. The number of thiazole rings is 1. The minimum Gasteiger partial charge on any atom is -0.378 e. The van der Waals surface area contributed by atoms with Crippen molar-refractivity contribution in [2.45, 2.75) is 44.4 Å². The van der Waals surface area contributed by atoms with E-state index in [9.17, 15) is 13.2 Å². The molecule has 3 nitrogen and oxygen atoms in total. The number of hydrogen-bond donors (Lipinski definition) is 1. The lowest BCUT2D eigenvalue weighted by Crippen LogP contribution is -2.11. The number of hydrogen-bond acceptors (Lipinski definition) is 4. The van der Waals surface area contributed by atoms with Gasteiger partial charge in [-0.15, -0.1) is 0 Å². The van der Waals surface area contributed by atoms with Crippen molar-refractivity contribution in [2.24, 2.45) is 0 Å². The molecule has 0 radical (unpaired) electrons. The molecule has 7 heteroatoms. The van der Waals surface area contributed by atoms with Crippen molar-refractivity contribution >= 4 is 16.5 Å². The number of halogens is 3. The minimum absolute atomic E-state index is 0.313. The highest BCUT2D eigenvalue weighted by molar-refractivity contribution is 7.15. The third-order valence-corrected chi connectivity index (χ3v) is 4.04. The molecule has 0 aromatic carbocycles. The first kappa shape index (κ1) is 14.6. The molecule has 2 rings (SSSR count). The monoisotopic (exact) mass is 294 g/mol. The molecule has 1 heterocycles. The number of anilines is 1. The summed E-state index contributed by atoms with van der Waals surface area (Å²) in [6.07, 6.45) is 2.47. The molecule has 0 saturated heterocycles. The number of nitrogens with one attached hydrogen (secondary N) is 1. The van der Waals surface area contributed by atoms with E-state index in [4.69, 9.17) is 4.74 Å². The summed E-state index contributed by atoms with van der Waals surface area (Å²) in [6.45, 7) is 1.23. The van der Waals surface area contributed by atoms with Crippen LogP contribution in [0.1, 0.15) is 37.0 Å². The van der Waals surface area contributed by atoms with Gasteiger partial charge in [0.05, 0.1) is 12.3 Å². The maximum atomic E-state index is 12.3. The maximum absolute atomic E-state index is 12.3. The van der Waals surface area contributed by atoms with Gasteiger partial charge in [-0.3, -0.25) is 0 Å². The molecule has 0 bridgehead atoms. The topological polar surface area (TPSA) is 34.2 Å². The van der Waals surface area contributed by atoms with Crippen molar-refractivity contribution in [1.82, 2.24) is 4.98 Å². The zero-order valence-corrected chi connectivity index (χ0v) is 11.3. The standard InChI is InChI=1S/C12H17F3N2OS/c13-12(14,15)10-8-17-11(19-10)16-6-3-7-18-9-4-1-2-5-9/h8-9H,1-7H2,(H,16,17). The second-order valence-corrected chi connectivity index (χ2v) is 5.62. The number of aromatic nitrogens is 1. The van der Waals surface area contributed by atoms with Crippen molar-refractivity contribution in [2.75, 3.05) is 18.5 Å². The van der Waals surface area contributed by atoms with Gasteiger partial charge in [-0.2, -0.15) is 13.2 Å². The second kappa shape index (κ2) is 6.56. The van der Waals surface area contributed by atoms with Crippen LogP contribution in [-0.4, -0.2) is 24.2 Å². The van der Waals surface area contributed by atoms with Gasteiger partial charge < -0.3 is 10.1 Å². The van der Waals surface area contributed by atoms with Gasteiger partial charge >= 0.3 is 6.18 Å². The Kier molecular flexibility index (Phi) is 5.04. The van der Waals surface area contributed by atoms with Gasteiger partial charge in [0.1, 0.15) is 4.88 Å². The van der Waals surface area contributed by atoms with E-state index in [0.29, 0.717) is 35.7 Å². The lowest BCUT2D eigenvalue weighted by Gasteiger charge is -2.10. The fraction of sp³-hybridized carbons (Fsp3) is 0.750. The third-order valence-electron chi connectivity index (χ3n) is 3.04. The smallest absolute Gasteiger partial charge is 0.378 e. The first-order valence-electron chi connectivity index (χ1n) is 6.44. The summed E-state index contributed by atoms with van der Waals surface area (Å²) in [5, 5.41) is 3.20. The van der Waals surface area contributed by atoms with Gasteiger partial charge in [-0.25, -0.2) is 4.98 Å². The van der Waals surface area contributed by atoms with Crippen LogP contribution in [-0.2, 0) is 10.9 Å². The van der Waals surface area contributed by atoms with E-state index in [0.717, 1.165) is 25.5 Å². The lowest BCUT2D eigenvalue weighted by atomic mass is 10.3. The van der Waals surface area contributed by atoms with Crippen molar-refractivity contribution in [1.29, 1.82) is 0 Å². The van der Waals surface area contributed by atoms with Crippen LogP contribution in [0.5, 0.6) is 0 Å². The Morgan fingerprint density at radius 3 is 2.74 bits per heavy atom. The highest BCUT2D eigenvalue weighted by Gasteiger charge is 2.33. The van der Waals surface area contributed by atoms with Crippen LogP contribution < -0.4 is 5.32 Å². The second-order valence-electron chi connectivity index (χ2n) is 4.59. The summed E-state index contributed by atoms with van der Waals surface area (Å²) >= 11 is 0.635. The molecule has 1 aromatic rings. The van der Waals surface area contributed by atoms with Crippen LogP contribution in [0.2, 0.25) is 0 Å². The average Bonchev–Trinajstić information content (AvgIpc) is 2.97. The maximum Gasteiger partial charge on any atom is 0.427 e. The Balaban J connectivity index is 1.61. The number of alkyl halides is 3. The Bertz CT molecular complexity index is 389. The average molecular weight is 294 g/mol. The van der Waals surface area contributed by atoms with Crippen LogP contribution in [0.4, 0.5) is 18.3 Å². The number of rotatable bonds is 6. The Morgan fingerprint density at radius 1 is 1.37 bits per heavy atom. The Morgan fingerprint density at radius 2 is 2.11 bits per heavy atom. The normalized spacial score (nSPS) is 17.0. The molecule has 0 unspecified atom stereocenters. The van der Waals surface area contributed by atoms with Crippen molar-refractivity contribution in [3.05, 3.63) is 11.1 Å². The van der Waals surface area contributed by atoms with Crippen LogP contribution in [0, 0.1) is 0 Å². The summed E-state index contributed by atoms with van der Waals surface area (Å²) < 4.78 is 42.7. The molecular weight excluding hydrogens is 277 g/mol. The van der Waals surface area contributed by atoms with Crippen molar-refractivity contribution < 1.29 is 17.9 Å². The highest BCUT2D eigenvalue weighted by atomic mass is 32.1. The van der Waals surface area contributed by atoms with Crippen molar-refractivity contribution in [3.63, 3.8) is 0 Å². The van der Waals surface area contributed by atoms with E-state index < -0.39 is 11.1 Å². The summed E-state index contributed by atoms with van der Waals surface area (Å²) in [5.41, 5.74) is 0. The quantitative estimate of drug-likeness (QED) is 0.807. The number of ether oxygens (including phenoxy) is 1. The molecule has 19 heavy (non-hydrogen) atoms. The zero-order chi connectivity index (χ0) is 13.7. The molecule has 0 atom stereocenters. The van der Waals surface area contributed by atoms with Gasteiger partial charge in [0.15, 0.2) is 5.13 Å². The van der Waals surface area contributed by atoms with Crippen LogP contribution in [0.25, 0.3) is 0 Å². The van der Waals surface area contributed by atoms with Gasteiger partial charge in [0.25, 0.3) is 0 Å². The van der Waals surface area contributed by atoms with E-state index in [1.54, 1.807) is 0 Å². The Labute approximate surface area is 114 Å². The zero-order valence-electron chi connectivity index (χ0n) is 10.5. The summed E-state index contributed by atoms with van der Waals surface area (Å²) in [5.74, 6) is 0. The molecule has 1 fully saturated rings. The number of nitrogens with zero attached hydrogens (tertiary/aromatic N) is 1. The van der Waals surface area contributed by atoms with Gasteiger partial charge in [0, 0.05) is 13.2 Å². The summed E-state index contributed by atoms with van der Waals surface area (Å²) in [7, 11) is 0. The molecule has 108 valence electrons. The largest absolute Gasteiger partial charge is 0.427 e. The molecule has 0 amide bonds. The fourth-order valence-electron chi connectivity index (χ4n) is 2.06. The van der Waals surface area contributed by atoms with E-state index in [1.165, 1.54) is 12.8 Å². The van der Waals surface area contributed by atoms with E-state index in [1.807, 2.05) is 0 Å². The predicted molar refractivity (Wildman–Crippen MR) is 68.4 cm³/mol. The lowest BCUT2D eigenvalue weighted by molar-refractivity contribution is -0.134. The van der Waals surface area contributed by atoms with Crippen LogP contribution >= 0.6 is 11.3 Å². The minimum atomic E-state index is -4.30.